The highest BCUT2D eigenvalue weighted by molar-refractivity contribution is 7.10. The summed E-state index contributed by atoms with van der Waals surface area (Å²) in [6.45, 7) is 0.782. The van der Waals surface area contributed by atoms with Gasteiger partial charge in [0.05, 0.1) is 6.04 Å². The minimum atomic E-state index is -0.0357. The monoisotopic (exact) mass is 355 g/mol. The van der Waals surface area contributed by atoms with Crippen molar-refractivity contribution in [2.24, 2.45) is 0 Å². The Hall–Kier alpha value is -2.50. The average molecular weight is 355 g/mol. The molecule has 3 aromatic rings. The van der Waals surface area contributed by atoms with Crippen LogP contribution in [0.5, 0.6) is 0 Å². The Morgan fingerprint density at radius 2 is 2.29 bits per heavy atom. The third kappa shape index (κ3) is 2.62. The van der Waals surface area contributed by atoms with Gasteiger partial charge in [0.2, 0.25) is 5.91 Å². The highest BCUT2D eigenvalue weighted by atomic mass is 32.1. The van der Waals surface area contributed by atoms with Crippen LogP contribution in [-0.2, 0) is 17.8 Å². The molecule has 3 aromatic heterocycles. The summed E-state index contributed by atoms with van der Waals surface area (Å²) in [7, 11) is 0. The van der Waals surface area contributed by atoms with Crippen LogP contribution in [0.25, 0.3) is 0 Å². The first kappa shape index (κ1) is 15.1. The van der Waals surface area contributed by atoms with Crippen LogP contribution >= 0.6 is 22.7 Å². The van der Waals surface area contributed by atoms with E-state index < -0.39 is 0 Å². The van der Waals surface area contributed by atoms with E-state index in [9.17, 15) is 4.79 Å². The van der Waals surface area contributed by atoms with Crippen LogP contribution in [0.15, 0.2) is 35.3 Å². The van der Waals surface area contributed by atoms with Gasteiger partial charge >= 0.3 is 0 Å². The first-order valence-electron chi connectivity index (χ1n) is 7.45. The summed E-state index contributed by atoms with van der Waals surface area (Å²) >= 11 is 3.42. The normalized spacial score (nSPS) is 16.6. The van der Waals surface area contributed by atoms with Gasteiger partial charge in [-0.05, 0) is 34.9 Å². The Labute approximate surface area is 146 Å². The SMILES string of the molecule is N#Cc1ncn(CC(=O)N2CCc3sccc3[C@@H]2c2cccs2)n1. The number of nitriles is 1. The maximum Gasteiger partial charge on any atom is 0.252 e. The van der Waals surface area contributed by atoms with Crippen LogP contribution in [0.2, 0.25) is 0 Å². The zero-order valence-electron chi connectivity index (χ0n) is 12.6. The van der Waals surface area contributed by atoms with E-state index >= 15 is 0 Å². The molecule has 1 aliphatic rings. The van der Waals surface area contributed by atoms with Crippen LogP contribution in [0.3, 0.4) is 0 Å². The van der Waals surface area contributed by atoms with Gasteiger partial charge in [0.25, 0.3) is 5.82 Å². The van der Waals surface area contributed by atoms with E-state index in [0.717, 1.165) is 6.42 Å². The third-order valence-electron chi connectivity index (χ3n) is 4.03. The van der Waals surface area contributed by atoms with Crippen molar-refractivity contribution in [3.05, 3.63) is 56.4 Å². The van der Waals surface area contributed by atoms with E-state index in [4.69, 9.17) is 5.26 Å². The van der Waals surface area contributed by atoms with Crippen molar-refractivity contribution in [2.45, 2.75) is 19.0 Å². The summed E-state index contributed by atoms with van der Waals surface area (Å²) in [5.41, 5.74) is 1.22. The zero-order valence-corrected chi connectivity index (χ0v) is 14.3. The predicted molar refractivity (Wildman–Crippen MR) is 90.6 cm³/mol. The zero-order chi connectivity index (χ0) is 16.5. The Morgan fingerprint density at radius 3 is 3.04 bits per heavy atom. The molecule has 0 aromatic carbocycles. The fourth-order valence-electron chi connectivity index (χ4n) is 2.99. The Kier molecular flexibility index (Phi) is 3.88. The van der Waals surface area contributed by atoms with Crippen molar-refractivity contribution in [3.8, 4) is 6.07 Å². The van der Waals surface area contributed by atoms with Crippen LogP contribution in [0.1, 0.15) is 27.2 Å². The number of rotatable bonds is 3. The minimum absolute atomic E-state index is 0.0142. The molecule has 1 atom stereocenters. The molecule has 0 spiro atoms. The maximum atomic E-state index is 12.9. The van der Waals surface area contributed by atoms with Gasteiger partial charge in [-0.25, -0.2) is 9.67 Å². The highest BCUT2D eigenvalue weighted by Gasteiger charge is 2.33. The molecule has 0 radical (unpaired) electrons. The Balaban J connectivity index is 1.63. The second-order valence-corrected chi connectivity index (χ2v) is 7.41. The first-order chi connectivity index (χ1) is 11.8. The minimum Gasteiger partial charge on any atom is -0.329 e. The van der Waals surface area contributed by atoms with Gasteiger partial charge in [0.15, 0.2) is 0 Å². The van der Waals surface area contributed by atoms with Crippen molar-refractivity contribution in [2.75, 3.05) is 6.54 Å². The Bertz CT molecular complexity index is 905. The second-order valence-electron chi connectivity index (χ2n) is 5.43. The molecule has 0 saturated heterocycles. The third-order valence-corrected chi connectivity index (χ3v) is 5.95. The summed E-state index contributed by atoms with van der Waals surface area (Å²) in [4.78, 5) is 21.1. The largest absolute Gasteiger partial charge is 0.329 e. The summed E-state index contributed by atoms with van der Waals surface area (Å²) in [6, 6.07) is 8.05. The van der Waals surface area contributed by atoms with E-state index in [-0.39, 0.29) is 24.3 Å². The summed E-state index contributed by atoms with van der Waals surface area (Å²) in [6.07, 6.45) is 2.30. The molecule has 0 unspecified atom stereocenters. The number of thiophene rings is 2. The number of carbonyl (C=O) groups is 1. The molecule has 1 aliphatic heterocycles. The van der Waals surface area contributed by atoms with Gasteiger partial charge in [0.1, 0.15) is 18.9 Å². The standard InChI is InChI=1S/C16H13N5OS2/c17-8-14-18-10-20(19-14)9-15(22)21-5-3-12-11(4-7-24-12)16(21)13-2-1-6-23-13/h1-2,4,6-7,10,16H,3,5,9H2/t16-/m1/s1. The van der Waals surface area contributed by atoms with Gasteiger partial charge in [-0.3, -0.25) is 4.79 Å². The fraction of sp³-hybridized carbons (Fsp3) is 0.250. The number of hydrogen-bond acceptors (Lipinski definition) is 6. The lowest BCUT2D eigenvalue weighted by atomic mass is 9.98. The molecule has 0 N–H and O–H groups in total. The fourth-order valence-corrected chi connectivity index (χ4v) is 4.75. The van der Waals surface area contributed by atoms with Crippen molar-refractivity contribution in [1.29, 1.82) is 5.26 Å². The van der Waals surface area contributed by atoms with E-state index in [1.807, 2.05) is 22.4 Å². The molecule has 0 saturated carbocycles. The quantitative estimate of drug-likeness (QED) is 0.723. The lowest BCUT2D eigenvalue weighted by Gasteiger charge is -2.35. The van der Waals surface area contributed by atoms with Crippen LogP contribution in [-0.4, -0.2) is 32.1 Å². The predicted octanol–water partition coefficient (Wildman–Crippen LogP) is 2.45. The lowest BCUT2D eigenvalue weighted by molar-refractivity contribution is -0.134. The van der Waals surface area contributed by atoms with E-state index in [1.54, 1.807) is 22.7 Å². The number of nitrogens with zero attached hydrogens (tertiary/aromatic N) is 5. The smallest absolute Gasteiger partial charge is 0.252 e. The first-order valence-corrected chi connectivity index (χ1v) is 9.21. The van der Waals surface area contributed by atoms with Gasteiger partial charge in [-0.15, -0.1) is 27.8 Å². The summed E-state index contributed by atoms with van der Waals surface area (Å²) < 4.78 is 1.43. The van der Waals surface area contributed by atoms with Crippen molar-refractivity contribution >= 4 is 28.6 Å². The number of fused-ring (bicyclic) bond motifs is 1. The van der Waals surface area contributed by atoms with Crippen molar-refractivity contribution < 1.29 is 4.79 Å². The van der Waals surface area contributed by atoms with Crippen LogP contribution in [0, 0.1) is 11.3 Å². The maximum absolute atomic E-state index is 12.9. The average Bonchev–Trinajstić information content (AvgIpc) is 3.34. The van der Waals surface area contributed by atoms with Gasteiger partial charge in [0, 0.05) is 16.3 Å². The summed E-state index contributed by atoms with van der Waals surface area (Å²) in [5, 5.41) is 16.9. The number of amides is 1. The molecule has 0 bridgehead atoms. The van der Waals surface area contributed by atoms with Gasteiger partial charge < -0.3 is 4.90 Å². The highest BCUT2D eigenvalue weighted by Crippen LogP contribution is 2.39. The Morgan fingerprint density at radius 1 is 1.38 bits per heavy atom. The molecular formula is C16H13N5OS2. The van der Waals surface area contributed by atoms with E-state index in [2.05, 4.69) is 27.6 Å². The number of aromatic nitrogens is 3. The molecule has 6 nitrogen and oxygen atoms in total. The lowest BCUT2D eigenvalue weighted by Crippen LogP contribution is -2.41. The number of hydrogen-bond donors (Lipinski definition) is 0. The molecular weight excluding hydrogens is 342 g/mol. The van der Waals surface area contributed by atoms with Gasteiger partial charge in [-0.1, -0.05) is 6.07 Å². The summed E-state index contributed by atoms with van der Waals surface area (Å²) in [5.74, 6) is 0.0658. The van der Waals surface area contributed by atoms with Crippen LogP contribution in [0.4, 0.5) is 0 Å². The molecule has 0 aliphatic carbocycles. The van der Waals surface area contributed by atoms with Gasteiger partial charge in [-0.2, -0.15) is 5.26 Å². The molecule has 24 heavy (non-hydrogen) atoms. The molecule has 120 valence electrons. The molecule has 0 fully saturated rings. The van der Waals surface area contributed by atoms with Crippen LogP contribution < -0.4 is 0 Å². The van der Waals surface area contributed by atoms with E-state index in [1.165, 1.54) is 26.3 Å². The molecule has 1 amide bonds. The number of carbonyl (C=O) groups excluding carboxylic acids is 1. The molecule has 4 heterocycles. The topological polar surface area (TPSA) is 74.8 Å². The second kappa shape index (κ2) is 6.19. The van der Waals surface area contributed by atoms with Crippen molar-refractivity contribution in [3.63, 3.8) is 0 Å². The molecule has 4 rings (SSSR count). The van der Waals surface area contributed by atoms with E-state index in [0.29, 0.717) is 6.54 Å². The van der Waals surface area contributed by atoms with Crippen molar-refractivity contribution in [1.82, 2.24) is 19.7 Å². The molecule has 8 heteroatoms.